The normalized spacial score (nSPS) is 21.6. The van der Waals surface area contributed by atoms with Crippen molar-refractivity contribution in [2.24, 2.45) is 0 Å². The summed E-state index contributed by atoms with van der Waals surface area (Å²) < 4.78 is 24.0. The van der Waals surface area contributed by atoms with Crippen molar-refractivity contribution in [3.63, 3.8) is 0 Å². The van der Waals surface area contributed by atoms with Gasteiger partial charge in [-0.05, 0) is 6.42 Å². The van der Waals surface area contributed by atoms with E-state index in [1.165, 1.54) is 6.92 Å². The van der Waals surface area contributed by atoms with Gasteiger partial charge in [0.15, 0.2) is 0 Å². The Labute approximate surface area is 93.5 Å². The highest BCUT2D eigenvalue weighted by Gasteiger charge is 2.32. The van der Waals surface area contributed by atoms with Crippen LogP contribution in [0.25, 0.3) is 0 Å². The minimum atomic E-state index is -3.33. The summed E-state index contributed by atoms with van der Waals surface area (Å²) in [6.45, 7) is 1.29. The number of amides is 1. The average molecular weight is 250 g/mol. The molecule has 1 aliphatic heterocycles. The maximum Gasteiger partial charge on any atom is 0.327 e. The van der Waals surface area contributed by atoms with Gasteiger partial charge in [0.2, 0.25) is 15.9 Å². The predicted octanol–water partition coefficient (Wildman–Crippen LogP) is -1.39. The fourth-order valence-electron chi connectivity index (χ4n) is 1.53. The molecule has 0 aromatic rings. The number of carboxylic acid groups (broad SMARTS) is 1. The molecule has 0 saturated carbocycles. The number of sulfonamides is 1. The molecule has 92 valence electrons. The van der Waals surface area contributed by atoms with E-state index in [2.05, 4.69) is 5.32 Å². The van der Waals surface area contributed by atoms with Gasteiger partial charge in [-0.15, -0.1) is 0 Å². The van der Waals surface area contributed by atoms with Gasteiger partial charge in [-0.1, -0.05) is 0 Å². The maximum absolute atomic E-state index is 11.4. The van der Waals surface area contributed by atoms with Crippen LogP contribution in [0.15, 0.2) is 0 Å². The zero-order valence-electron chi connectivity index (χ0n) is 8.84. The number of nitrogens with one attached hydrogen (secondary N) is 1. The third-order valence-corrected chi connectivity index (χ3v) is 4.19. The summed E-state index contributed by atoms with van der Waals surface area (Å²) in [4.78, 5) is 21.5. The third-order valence-electron chi connectivity index (χ3n) is 2.26. The van der Waals surface area contributed by atoms with E-state index in [0.29, 0.717) is 13.0 Å². The van der Waals surface area contributed by atoms with Gasteiger partial charge in [-0.25, -0.2) is 13.2 Å². The van der Waals surface area contributed by atoms with Gasteiger partial charge in [0.1, 0.15) is 6.04 Å². The first kappa shape index (κ1) is 12.9. The van der Waals surface area contributed by atoms with Crippen LogP contribution in [-0.4, -0.2) is 54.6 Å². The SMILES string of the molecule is CC(=O)NC(CN1CCCS1(=O)=O)C(=O)O. The Balaban J connectivity index is 2.69. The number of rotatable bonds is 4. The van der Waals surface area contributed by atoms with Crippen molar-refractivity contribution < 1.29 is 23.1 Å². The van der Waals surface area contributed by atoms with Crippen LogP contribution in [0.4, 0.5) is 0 Å². The Hall–Kier alpha value is -1.15. The summed E-state index contributed by atoms with van der Waals surface area (Å²) in [5.41, 5.74) is 0. The summed E-state index contributed by atoms with van der Waals surface area (Å²) in [7, 11) is -3.33. The molecule has 1 heterocycles. The molecule has 16 heavy (non-hydrogen) atoms. The van der Waals surface area contributed by atoms with E-state index in [-0.39, 0.29) is 12.3 Å². The molecule has 7 nitrogen and oxygen atoms in total. The quantitative estimate of drug-likeness (QED) is 0.639. The molecular formula is C8H14N2O5S. The monoisotopic (exact) mass is 250 g/mol. The first-order chi connectivity index (χ1) is 7.33. The Morgan fingerprint density at radius 3 is 2.50 bits per heavy atom. The maximum atomic E-state index is 11.4. The molecule has 1 aliphatic rings. The second kappa shape index (κ2) is 4.79. The van der Waals surface area contributed by atoms with Crippen LogP contribution in [0.3, 0.4) is 0 Å². The molecule has 2 N–H and O–H groups in total. The van der Waals surface area contributed by atoms with Gasteiger partial charge < -0.3 is 10.4 Å². The number of carboxylic acids is 1. The van der Waals surface area contributed by atoms with Crippen molar-refractivity contribution in [1.29, 1.82) is 0 Å². The Kier molecular flexibility index (Phi) is 3.87. The number of hydrogen-bond acceptors (Lipinski definition) is 4. The molecule has 0 spiro atoms. The molecule has 0 bridgehead atoms. The van der Waals surface area contributed by atoms with Crippen LogP contribution < -0.4 is 5.32 Å². The summed E-state index contributed by atoms with van der Waals surface area (Å²) in [5.74, 6) is -1.69. The van der Waals surface area contributed by atoms with Gasteiger partial charge in [0.25, 0.3) is 0 Å². The second-order valence-electron chi connectivity index (χ2n) is 3.62. The van der Waals surface area contributed by atoms with E-state index in [9.17, 15) is 18.0 Å². The van der Waals surface area contributed by atoms with E-state index in [1.54, 1.807) is 0 Å². The van der Waals surface area contributed by atoms with E-state index in [0.717, 1.165) is 4.31 Å². The average Bonchev–Trinajstić information content (AvgIpc) is 2.43. The minimum Gasteiger partial charge on any atom is -0.480 e. The minimum absolute atomic E-state index is 0.0411. The van der Waals surface area contributed by atoms with Crippen LogP contribution in [0.5, 0.6) is 0 Å². The summed E-state index contributed by atoms with van der Waals surface area (Å²) in [6.07, 6.45) is 0.495. The van der Waals surface area contributed by atoms with Crippen molar-refractivity contribution in [2.45, 2.75) is 19.4 Å². The zero-order chi connectivity index (χ0) is 12.3. The summed E-state index contributed by atoms with van der Waals surface area (Å²) in [5, 5.41) is 11.0. The smallest absolute Gasteiger partial charge is 0.327 e. The van der Waals surface area contributed by atoms with E-state index >= 15 is 0 Å². The molecule has 0 aromatic heterocycles. The van der Waals surface area contributed by atoms with Crippen LogP contribution >= 0.6 is 0 Å². The van der Waals surface area contributed by atoms with Gasteiger partial charge in [-0.3, -0.25) is 4.79 Å². The third kappa shape index (κ3) is 3.17. The van der Waals surface area contributed by atoms with E-state index in [4.69, 9.17) is 5.11 Å². The largest absolute Gasteiger partial charge is 0.480 e. The molecular weight excluding hydrogens is 236 g/mol. The first-order valence-electron chi connectivity index (χ1n) is 4.80. The Morgan fingerprint density at radius 1 is 1.50 bits per heavy atom. The molecule has 1 amide bonds. The highest BCUT2D eigenvalue weighted by Crippen LogP contribution is 2.13. The standard InChI is InChI=1S/C8H14N2O5S/c1-6(11)9-7(8(12)13)5-10-3-2-4-16(10,14)15/h7H,2-5H2,1H3,(H,9,11)(H,12,13). The van der Waals surface area contributed by atoms with Crippen molar-refractivity contribution >= 4 is 21.9 Å². The number of hydrogen-bond donors (Lipinski definition) is 2. The Morgan fingerprint density at radius 2 is 2.12 bits per heavy atom. The van der Waals surface area contributed by atoms with Crippen LogP contribution in [0.1, 0.15) is 13.3 Å². The second-order valence-corrected chi connectivity index (χ2v) is 5.71. The number of carbonyl (C=O) groups is 2. The lowest BCUT2D eigenvalue weighted by molar-refractivity contribution is -0.141. The molecule has 1 rings (SSSR count). The lowest BCUT2D eigenvalue weighted by Crippen LogP contribution is -2.48. The fourth-order valence-corrected chi connectivity index (χ4v) is 3.07. The molecule has 0 aliphatic carbocycles. The number of carbonyl (C=O) groups excluding carboxylic acids is 1. The molecule has 1 atom stereocenters. The predicted molar refractivity (Wildman–Crippen MR) is 55.2 cm³/mol. The first-order valence-corrected chi connectivity index (χ1v) is 6.41. The molecule has 0 aromatic carbocycles. The molecule has 0 radical (unpaired) electrons. The van der Waals surface area contributed by atoms with E-state index in [1.807, 2.05) is 0 Å². The molecule has 1 unspecified atom stereocenters. The van der Waals surface area contributed by atoms with Crippen LogP contribution in [0.2, 0.25) is 0 Å². The van der Waals surface area contributed by atoms with Crippen molar-refractivity contribution in [3.8, 4) is 0 Å². The molecule has 1 fully saturated rings. The van der Waals surface area contributed by atoms with Crippen molar-refractivity contribution in [3.05, 3.63) is 0 Å². The lowest BCUT2D eigenvalue weighted by Gasteiger charge is -2.19. The topological polar surface area (TPSA) is 104 Å². The van der Waals surface area contributed by atoms with Crippen molar-refractivity contribution in [2.75, 3.05) is 18.8 Å². The lowest BCUT2D eigenvalue weighted by atomic mass is 10.3. The van der Waals surface area contributed by atoms with Gasteiger partial charge >= 0.3 is 5.97 Å². The van der Waals surface area contributed by atoms with Gasteiger partial charge in [0.05, 0.1) is 5.75 Å². The number of nitrogens with zero attached hydrogens (tertiary/aromatic N) is 1. The van der Waals surface area contributed by atoms with Gasteiger partial charge in [0, 0.05) is 20.0 Å². The summed E-state index contributed by atoms with van der Waals surface area (Å²) >= 11 is 0. The van der Waals surface area contributed by atoms with Crippen LogP contribution in [-0.2, 0) is 19.6 Å². The molecule has 1 saturated heterocycles. The van der Waals surface area contributed by atoms with Gasteiger partial charge in [-0.2, -0.15) is 4.31 Å². The Bertz CT molecular complexity index is 391. The highest BCUT2D eigenvalue weighted by molar-refractivity contribution is 7.89. The fraction of sp³-hybridized carbons (Fsp3) is 0.750. The van der Waals surface area contributed by atoms with E-state index < -0.39 is 27.9 Å². The number of aliphatic carboxylic acids is 1. The van der Waals surface area contributed by atoms with Crippen molar-refractivity contribution in [1.82, 2.24) is 9.62 Å². The highest BCUT2D eigenvalue weighted by atomic mass is 32.2. The van der Waals surface area contributed by atoms with Crippen LogP contribution in [0, 0.1) is 0 Å². The zero-order valence-corrected chi connectivity index (χ0v) is 9.66. The summed E-state index contributed by atoms with van der Waals surface area (Å²) in [6, 6.07) is -1.19. The molecule has 8 heteroatoms.